The normalized spacial score (nSPS) is 16.4. The lowest BCUT2D eigenvalue weighted by Gasteiger charge is -2.23. The molecule has 10 heavy (non-hydrogen) atoms. The first-order chi connectivity index (χ1) is 4.50. The van der Waals surface area contributed by atoms with Crippen molar-refractivity contribution in [1.29, 1.82) is 0 Å². The molecule has 2 N–H and O–H groups in total. The summed E-state index contributed by atoms with van der Waals surface area (Å²) in [6, 6.07) is 0. The Hall–Kier alpha value is -0.340. The van der Waals surface area contributed by atoms with E-state index in [1.165, 1.54) is 0 Å². The molecule has 0 aromatic heterocycles. The molecule has 60 valence electrons. The quantitative estimate of drug-likeness (QED) is 0.574. The summed E-state index contributed by atoms with van der Waals surface area (Å²) < 4.78 is 0. The van der Waals surface area contributed by atoms with Crippen molar-refractivity contribution >= 4 is 0 Å². The zero-order chi connectivity index (χ0) is 8.20. The highest BCUT2D eigenvalue weighted by molar-refractivity contribution is 5.07. The minimum atomic E-state index is -0.754. The van der Waals surface area contributed by atoms with E-state index < -0.39 is 5.60 Å². The third-order valence-corrected chi connectivity index (χ3v) is 1.64. The molecule has 0 radical (unpaired) electrons. The lowest BCUT2D eigenvalue weighted by Crippen LogP contribution is -2.38. The van der Waals surface area contributed by atoms with E-state index in [0.717, 1.165) is 12.1 Å². The largest absolute Gasteiger partial charge is 0.384 e. The first-order valence-corrected chi connectivity index (χ1v) is 3.59. The van der Waals surface area contributed by atoms with Crippen LogP contribution in [0, 0.1) is 0 Å². The predicted molar refractivity (Wildman–Crippen MR) is 44.0 cm³/mol. The Kier molecular flexibility index (Phi) is 3.61. The van der Waals surface area contributed by atoms with Gasteiger partial charge in [0, 0.05) is 6.54 Å². The minimum absolute atomic E-state index is 0.582. The lowest BCUT2D eigenvalue weighted by molar-refractivity contribution is 0.0987. The van der Waals surface area contributed by atoms with Crippen molar-refractivity contribution in [3.8, 4) is 0 Å². The number of hydrogen-bond donors (Lipinski definition) is 2. The molecule has 1 atom stereocenters. The molecule has 0 fully saturated rings. The number of rotatable bonds is 4. The van der Waals surface area contributed by atoms with Crippen LogP contribution in [0.25, 0.3) is 0 Å². The molecule has 2 heteroatoms. The molecule has 0 aliphatic heterocycles. The van der Waals surface area contributed by atoms with E-state index in [-0.39, 0.29) is 0 Å². The van der Waals surface area contributed by atoms with Crippen LogP contribution < -0.4 is 5.32 Å². The van der Waals surface area contributed by atoms with Gasteiger partial charge in [-0.15, -0.1) is 0 Å². The van der Waals surface area contributed by atoms with E-state index in [0.29, 0.717) is 6.54 Å². The van der Waals surface area contributed by atoms with Crippen LogP contribution in [-0.4, -0.2) is 23.8 Å². The summed E-state index contributed by atoms with van der Waals surface area (Å²) in [5.74, 6) is 0. The van der Waals surface area contributed by atoms with Gasteiger partial charge in [-0.25, -0.2) is 0 Å². The first-order valence-electron chi connectivity index (χ1n) is 3.59. The molecule has 0 saturated heterocycles. The van der Waals surface area contributed by atoms with Crippen molar-refractivity contribution in [2.45, 2.75) is 26.4 Å². The highest BCUT2D eigenvalue weighted by Crippen LogP contribution is 2.11. The SMILES string of the molecule is C=C(C)C(C)(O)CNCC. The molecule has 0 heterocycles. The van der Waals surface area contributed by atoms with E-state index in [1.807, 2.05) is 13.8 Å². The topological polar surface area (TPSA) is 32.3 Å². The van der Waals surface area contributed by atoms with Crippen LogP contribution in [0.4, 0.5) is 0 Å². The summed E-state index contributed by atoms with van der Waals surface area (Å²) in [7, 11) is 0. The van der Waals surface area contributed by atoms with E-state index >= 15 is 0 Å². The summed E-state index contributed by atoms with van der Waals surface area (Å²) in [5, 5.41) is 12.6. The van der Waals surface area contributed by atoms with Gasteiger partial charge in [-0.3, -0.25) is 0 Å². The molecule has 0 saturated carbocycles. The van der Waals surface area contributed by atoms with Crippen LogP contribution >= 0.6 is 0 Å². The van der Waals surface area contributed by atoms with Crippen molar-refractivity contribution in [3.63, 3.8) is 0 Å². The monoisotopic (exact) mass is 143 g/mol. The zero-order valence-corrected chi connectivity index (χ0v) is 7.07. The van der Waals surface area contributed by atoms with Gasteiger partial charge in [-0.2, -0.15) is 0 Å². The van der Waals surface area contributed by atoms with Crippen LogP contribution in [-0.2, 0) is 0 Å². The van der Waals surface area contributed by atoms with Gasteiger partial charge in [0.25, 0.3) is 0 Å². The van der Waals surface area contributed by atoms with Gasteiger partial charge in [-0.05, 0) is 26.0 Å². The maximum absolute atomic E-state index is 9.56. The maximum Gasteiger partial charge on any atom is 0.0947 e. The third kappa shape index (κ3) is 2.99. The Morgan fingerprint density at radius 2 is 2.20 bits per heavy atom. The molecule has 0 spiro atoms. The molecule has 0 aromatic rings. The highest BCUT2D eigenvalue weighted by Gasteiger charge is 2.19. The Labute approximate surface area is 62.9 Å². The minimum Gasteiger partial charge on any atom is -0.384 e. The maximum atomic E-state index is 9.56. The van der Waals surface area contributed by atoms with Gasteiger partial charge >= 0.3 is 0 Å². The number of nitrogens with one attached hydrogen (secondary N) is 1. The molecule has 0 aromatic carbocycles. The Morgan fingerprint density at radius 3 is 2.50 bits per heavy atom. The van der Waals surface area contributed by atoms with Crippen LogP contribution in [0.15, 0.2) is 12.2 Å². The Morgan fingerprint density at radius 1 is 1.70 bits per heavy atom. The molecule has 0 amide bonds. The van der Waals surface area contributed by atoms with Gasteiger partial charge in [0.15, 0.2) is 0 Å². The summed E-state index contributed by atoms with van der Waals surface area (Å²) in [6.07, 6.45) is 0. The van der Waals surface area contributed by atoms with Crippen molar-refractivity contribution in [3.05, 3.63) is 12.2 Å². The van der Waals surface area contributed by atoms with Crippen molar-refractivity contribution in [1.82, 2.24) is 5.32 Å². The number of likely N-dealkylation sites (N-methyl/N-ethyl adjacent to an activating group) is 1. The van der Waals surface area contributed by atoms with Crippen LogP contribution in [0.5, 0.6) is 0 Å². The average molecular weight is 143 g/mol. The van der Waals surface area contributed by atoms with Crippen molar-refractivity contribution < 1.29 is 5.11 Å². The molecule has 0 bridgehead atoms. The zero-order valence-electron chi connectivity index (χ0n) is 7.07. The number of hydrogen-bond acceptors (Lipinski definition) is 2. The van der Waals surface area contributed by atoms with E-state index in [9.17, 15) is 5.11 Å². The highest BCUT2D eigenvalue weighted by atomic mass is 16.3. The van der Waals surface area contributed by atoms with Gasteiger partial charge in [0.05, 0.1) is 5.60 Å². The van der Waals surface area contributed by atoms with E-state index in [2.05, 4.69) is 11.9 Å². The lowest BCUT2D eigenvalue weighted by atomic mass is 9.99. The Balaban J connectivity index is 3.75. The fourth-order valence-corrected chi connectivity index (χ4v) is 0.519. The standard InChI is InChI=1S/C8H17NO/c1-5-9-6-8(4,10)7(2)3/h9-10H,2,5-6H2,1,3-4H3. The molecule has 2 nitrogen and oxygen atoms in total. The van der Waals surface area contributed by atoms with Gasteiger partial charge in [-0.1, -0.05) is 13.5 Å². The fraction of sp³-hybridized carbons (Fsp3) is 0.750. The molecule has 0 aliphatic carbocycles. The summed E-state index contributed by atoms with van der Waals surface area (Å²) in [4.78, 5) is 0. The second-order valence-electron chi connectivity index (χ2n) is 2.83. The molecule has 0 rings (SSSR count). The van der Waals surface area contributed by atoms with Crippen LogP contribution in [0.3, 0.4) is 0 Å². The smallest absolute Gasteiger partial charge is 0.0947 e. The van der Waals surface area contributed by atoms with E-state index in [4.69, 9.17) is 0 Å². The molecule has 0 aliphatic rings. The Bertz CT molecular complexity index is 118. The van der Waals surface area contributed by atoms with Gasteiger partial charge in [0.1, 0.15) is 0 Å². The predicted octanol–water partition coefficient (Wildman–Crippen LogP) is 0.923. The number of aliphatic hydroxyl groups is 1. The average Bonchev–Trinajstić information content (AvgIpc) is 1.84. The summed E-state index contributed by atoms with van der Waals surface area (Å²) in [5.41, 5.74) is 0.0455. The van der Waals surface area contributed by atoms with Crippen LogP contribution in [0.2, 0.25) is 0 Å². The van der Waals surface area contributed by atoms with Crippen molar-refractivity contribution in [2.75, 3.05) is 13.1 Å². The summed E-state index contributed by atoms with van der Waals surface area (Å²) in [6.45, 7) is 10.8. The van der Waals surface area contributed by atoms with Gasteiger partial charge < -0.3 is 10.4 Å². The third-order valence-electron chi connectivity index (χ3n) is 1.64. The van der Waals surface area contributed by atoms with E-state index in [1.54, 1.807) is 6.92 Å². The second-order valence-corrected chi connectivity index (χ2v) is 2.83. The van der Waals surface area contributed by atoms with Gasteiger partial charge in [0.2, 0.25) is 0 Å². The second kappa shape index (κ2) is 3.74. The molecular formula is C8H17NO. The summed E-state index contributed by atoms with van der Waals surface area (Å²) >= 11 is 0. The first kappa shape index (κ1) is 9.66. The van der Waals surface area contributed by atoms with Crippen LogP contribution in [0.1, 0.15) is 20.8 Å². The van der Waals surface area contributed by atoms with Crippen molar-refractivity contribution in [2.24, 2.45) is 0 Å². The molecule has 1 unspecified atom stereocenters. The fourth-order valence-electron chi connectivity index (χ4n) is 0.519. The molecular weight excluding hydrogens is 126 g/mol.